The molecule has 1 unspecified atom stereocenters. The smallest absolute Gasteiger partial charge is 0.213 e. The van der Waals surface area contributed by atoms with Crippen molar-refractivity contribution in [2.45, 2.75) is 26.8 Å². The van der Waals surface area contributed by atoms with Crippen LogP contribution in [0, 0.1) is 13.8 Å². The maximum Gasteiger partial charge on any atom is 0.213 e. The van der Waals surface area contributed by atoms with E-state index in [1.54, 1.807) is 13.3 Å². The molecule has 96 valence electrons. The summed E-state index contributed by atoms with van der Waals surface area (Å²) in [5.74, 6) is 2.50. The summed E-state index contributed by atoms with van der Waals surface area (Å²) in [6.45, 7) is 6.03. The number of ether oxygens (including phenoxy) is 1. The molecule has 0 saturated carbocycles. The molecule has 2 rings (SSSR count). The fraction of sp³-hybridized carbons (Fsp3) is 0.357. The van der Waals surface area contributed by atoms with Crippen molar-refractivity contribution in [3.05, 3.63) is 41.5 Å². The summed E-state index contributed by atoms with van der Waals surface area (Å²) in [6, 6.07) is 6.02. The molecule has 2 heterocycles. The number of aromatic nitrogens is 1. The molecule has 0 fully saturated rings. The van der Waals surface area contributed by atoms with E-state index in [4.69, 9.17) is 9.15 Å². The van der Waals surface area contributed by atoms with E-state index in [-0.39, 0.29) is 6.04 Å². The Morgan fingerprint density at radius 1 is 1.33 bits per heavy atom. The van der Waals surface area contributed by atoms with Crippen molar-refractivity contribution in [2.24, 2.45) is 0 Å². The molecule has 0 aromatic carbocycles. The summed E-state index contributed by atoms with van der Waals surface area (Å²) < 4.78 is 10.6. The maximum atomic E-state index is 5.53. The second kappa shape index (κ2) is 5.12. The third-order valence-electron chi connectivity index (χ3n) is 2.87. The highest BCUT2D eigenvalue weighted by atomic mass is 16.5. The average Bonchev–Trinajstić information content (AvgIpc) is 2.69. The predicted molar refractivity (Wildman–Crippen MR) is 71.0 cm³/mol. The van der Waals surface area contributed by atoms with Crippen LogP contribution in [-0.4, -0.2) is 12.1 Å². The Balaban J connectivity index is 2.10. The van der Waals surface area contributed by atoms with Gasteiger partial charge in [-0.25, -0.2) is 4.98 Å². The molecule has 0 aliphatic rings. The van der Waals surface area contributed by atoms with Crippen molar-refractivity contribution in [1.82, 2.24) is 4.98 Å². The predicted octanol–water partition coefficient (Wildman–Crippen LogP) is 3.47. The average molecular weight is 246 g/mol. The number of methoxy groups -OCH3 is 1. The minimum absolute atomic E-state index is 0.178. The Morgan fingerprint density at radius 2 is 2.11 bits per heavy atom. The van der Waals surface area contributed by atoms with E-state index >= 15 is 0 Å². The Hall–Kier alpha value is -1.97. The van der Waals surface area contributed by atoms with Gasteiger partial charge < -0.3 is 14.5 Å². The van der Waals surface area contributed by atoms with Crippen LogP contribution >= 0.6 is 0 Å². The topological polar surface area (TPSA) is 47.3 Å². The number of furan rings is 1. The second-order valence-electron chi connectivity index (χ2n) is 4.32. The molecule has 0 aliphatic carbocycles. The molecule has 1 N–H and O–H groups in total. The lowest BCUT2D eigenvalue weighted by molar-refractivity contribution is 0.398. The van der Waals surface area contributed by atoms with Gasteiger partial charge in [0.1, 0.15) is 11.5 Å². The largest absolute Gasteiger partial charge is 0.481 e. The van der Waals surface area contributed by atoms with Crippen LogP contribution in [0.5, 0.6) is 5.88 Å². The molecule has 0 spiro atoms. The molecule has 0 saturated heterocycles. The molecule has 18 heavy (non-hydrogen) atoms. The monoisotopic (exact) mass is 246 g/mol. The van der Waals surface area contributed by atoms with Gasteiger partial charge in [0.05, 0.1) is 25.0 Å². The lowest BCUT2D eigenvalue weighted by atomic mass is 10.1. The van der Waals surface area contributed by atoms with Crippen LogP contribution in [0.25, 0.3) is 0 Å². The van der Waals surface area contributed by atoms with Crippen molar-refractivity contribution >= 4 is 5.69 Å². The maximum absolute atomic E-state index is 5.53. The first kappa shape index (κ1) is 12.5. The Kier molecular flexibility index (Phi) is 3.55. The highest BCUT2D eigenvalue weighted by molar-refractivity contribution is 5.45. The molecule has 1 atom stereocenters. The number of aryl methyl sites for hydroxylation is 2. The first-order chi connectivity index (χ1) is 8.60. The zero-order chi connectivity index (χ0) is 13.1. The van der Waals surface area contributed by atoms with Gasteiger partial charge in [-0.05, 0) is 32.9 Å². The van der Waals surface area contributed by atoms with Gasteiger partial charge in [0.2, 0.25) is 5.88 Å². The minimum Gasteiger partial charge on any atom is -0.481 e. The molecular formula is C14H18N2O2. The van der Waals surface area contributed by atoms with Crippen molar-refractivity contribution < 1.29 is 9.15 Å². The molecule has 0 radical (unpaired) electrons. The van der Waals surface area contributed by atoms with Crippen LogP contribution in [0.2, 0.25) is 0 Å². The fourth-order valence-electron chi connectivity index (χ4n) is 1.99. The van der Waals surface area contributed by atoms with E-state index in [0.717, 1.165) is 17.2 Å². The Labute approximate surface area is 107 Å². The summed E-state index contributed by atoms with van der Waals surface area (Å²) in [4.78, 5) is 4.16. The Morgan fingerprint density at radius 3 is 2.61 bits per heavy atom. The molecule has 4 heteroatoms. The van der Waals surface area contributed by atoms with Crippen LogP contribution in [0.1, 0.15) is 30.0 Å². The van der Waals surface area contributed by atoms with Crippen molar-refractivity contribution in [3.8, 4) is 5.88 Å². The molecule has 2 aromatic rings. The van der Waals surface area contributed by atoms with Crippen LogP contribution in [0.3, 0.4) is 0 Å². The second-order valence-corrected chi connectivity index (χ2v) is 4.32. The minimum atomic E-state index is 0.178. The van der Waals surface area contributed by atoms with Crippen molar-refractivity contribution in [2.75, 3.05) is 12.4 Å². The number of nitrogens with zero attached hydrogens (tertiary/aromatic N) is 1. The van der Waals surface area contributed by atoms with E-state index in [9.17, 15) is 0 Å². The normalized spacial score (nSPS) is 12.2. The quantitative estimate of drug-likeness (QED) is 0.897. The van der Waals surface area contributed by atoms with Crippen LogP contribution in [-0.2, 0) is 0 Å². The number of anilines is 1. The summed E-state index contributed by atoms with van der Waals surface area (Å²) in [5, 5.41) is 3.39. The van der Waals surface area contributed by atoms with Crippen molar-refractivity contribution in [3.63, 3.8) is 0 Å². The first-order valence-corrected chi connectivity index (χ1v) is 5.93. The summed E-state index contributed by atoms with van der Waals surface area (Å²) >= 11 is 0. The van der Waals surface area contributed by atoms with Gasteiger partial charge in [0, 0.05) is 11.6 Å². The number of rotatable bonds is 4. The van der Waals surface area contributed by atoms with Crippen molar-refractivity contribution in [1.29, 1.82) is 0 Å². The van der Waals surface area contributed by atoms with Gasteiger partial charge in [-0.3, -0.25) is 0 Å². The lowest BCUT2D eigenvalue weighted by Crippen LogP contribution is -2.07. The van der Waals surface area contributed by atoms with Gasteiger partial charge in [0.25, 0.3) is 0 Å². The third-order valence-corrected chi connectivity index (χ3v) is 2.87. The van der Waals surface area contributed by atoms with E-state index in [1.807, 2.05) is 26.0 Å². The van der Waals surface area contributed by atoms with Crippen LogP contribution in [0.15, 0.2) is 28.8 Å². The zero-order valence-electron chi connectivity index (χ0n) is 11.2. The van der Waals surface area contributed by atoms with E-state index < -0.39 is 0 Å². The number of hydrogen-bond donors (Lipinski definition) is 1. The summed E-state index contributed by atoms with van der Waals surface area (Å²) in [6.07, 6.45) is 1.76. The number of pyridine rings is 1. The van der Waals surface area contributed by atoms with Gasteiger partial charge in [-0.2, -0.15) is 0 Å². The van der Waals surface area contributed by atoms with Crippen LogP contribution in [0.4, 0.5) is 5.69 Å². The first-order valence-electron chi connectivity index (χ1n) is 5.93. The molecule has 2 aromatic heterocycles. The van der Waals surface area contributed by atoms with Crippen LogP contribution < -0.4 is 10.1 Å². The van der Waals surface area contributed by atoms with Gasteiger partial charge in [0.15, 0.2) is 0 Å². The lowest BCUT2D eigenvalue weighted by Gasteiger charge is -2.14. The third kappa shape index (κ3) is 2.64. The van der Waals surface area contributed by atoms with E-state index in [2.05, 4.69) is 23.3 Å². The highest BCUT2D eigenvalue weighted by Crippen LogP contribution is 2.25. The number of hydrogen-bond acceptors (Lipinski definition) is 4. The van der Waals surface area contributed by atoms with Gasteiger partial charge >= 0.3 is 0 Å². The fourth-order valence-corrected chi connectivity index (χ4v) is 1.99. The standard InChI is InChI=1S/C14H18N2O2/c1-9-7-13(11(3)18-9)10(2)16-12-5-6-14(17-4)15-8-12/h5-8,10,16H,1-4H3. The van der Waals surface area contributed by atoms with Gasteiger partial charge in [-0.15, -0.1) is 0 Å². The molecule has 0 aliphatic heterocycles. The summed E-state index contributed by atoms with van der Waals surface area (Å²) in [5.41, 5.74) is 2.13. The summed E-state index contributed by atoms with van der Waals surface area (Å²) in [7, 11) is 1.61. The van der Waals surface area contributed by atoms with E-state index in [1.165, 1.54) is 5.56 Å². The molecule has 0 amide bonds. The van der Waals surface area contributed by atoms with E-state index in [0.29, 0.717) is 5.88 Å². The Bertz CT molecular complexity index is 517. The zero-order valence-corrected chi connectivity index (χ0v) is 11.2. The SMILES string of the molecule is COc1ccc(NC(C)c2cc(C)oc2C)cn1. The molecule has 0 bridgehead atoms. The van der Waals surface area contributed by atoms with Gasteiger partial charge in [-0.1, -0.05) is 0 Å². The molecular weight excluding hydrogens is 228 g/mol. The highest BCUT2D eigenvalue weighted by Gasteiger charge is 2.12. The molecule has 4 nitrogen and oxygen atoms in total. The number of nitrogens with one attached hydrogen (secondary N) is 1.